The molecule has 1 aliphatic carbocycles. The Kier molecular flexibility index (Phi) is 4.76. The van der Waals surface area contributed by atoms with Crippen molar-refractivity contribution in [1.29, 1.82) is 0 Å². The molecule has 4 nitrogen and oxygen atoms in total. The molecule has 0 aromatic heterocycles. The third kappa shape index (κ3) is 4.38. The van der Waals surface area contributed by atoms with Crippen molar-refractivity contribution in [2.45, 2.75) is 58.2 Å². The van der Waals surface area contributed by atoms with Gasteiger partial charge in [0.25, 0.3) is 0 Å². The van der Waals surface area contributed by atoms with E-state index in [1.54, 1.807) is 0 Å². The fourth-order valence-corrected chi connectivity index (χ4v) is 2.71. The van der Waals surface area contributed by atoms with E-state index in [0.717, 1.165) is 19.4 Å². The Bertz CT molecular complexity index is 461. The summed E-state index contributed by atoms with van der Waals surface area (Å²) >= 11 is 0. The minimum Gasteiger partial charge on any atom is -0.444 e. The fourth-order valence-electron chi connectivity index (χ4n) is 2.71. The smallest absolute Gasteiger partial charge is 0.407 e. The molecular formula is C17H26N2O2. The maximum atomic E-state index is 11.7. The lowest BCUT2D eigenvalue weighted by atomic mass is 9.85. The van der Waals surface area contributed by atoms with Crippen LogP contribution in [0.5, 0.6) is 0 Å². The van der Waals surface area contributed by atoms with Gasteiger partial charge in [0, 0.05) is 24.3 Å². The van der Waals surface area contributed by atoms with Gasteiger partial charge in [-0.15, -0.1) is 0 Å². The van der Waals surface area contributed by atoms with Crippen LogP contribution >= 0.6 is 0 Å². The van der Waals surface area contributed by atoms with Crippen molar-refractivity contribution in [2.75, 3.05) is 11.4 Å². The van der Waals surface area contributed by atoms with Gasteiger partial charge < -0.3 is 15.0 Å². The first-order valence-corrected chi connectivity index (χ1v) is 7.70. The highest BCUT2D eigenvalue weighted by Gasteiger charge is 2.35. The second kappa shape index (κ2) is 6.37. The average Bonchev–Trinajstić information content (AvgIpc) is 2.35. The number of hydrogen-bond donors (Lipinski definition) is 1. The highest BCUT2D eigenvalue weighted by Crippen LogP contribution is 2.30. The normalized spacial score (nSPS) is 21.3. The number of ether oxygens (including phenoxy) is 1. The van der Waals surface area contributed by atoms with Crippen molar-refractivity contribution >= 4 is 11.8 Å². The molecule has 2 rings (SSSR count). The van der Waals surface area contributed by atoms with Crippen LogP contribution in [0.4, 0.5) is 10.5 Å². The molecule has 0 bridgehead atoms. The molecule has 0 spiro atoms. The van der Waals surface area contributed by atoms with E-state index in [4.69, 9.17) is 4.74 Å². The molecule has 21 heavy (non-hydrogen) atoms. The molecule has 1 saturated carbocycles. The number of carbonyl (C=O) groups excluding carboxylic acids is 1. The van der Waals surface area contributed by atoms with Crippen LogP contribution in [0.1, 0.15) is 40.5 Å². The van der Waals surface area contributed by atoms with Gasteiger partial charge in [0.2, 0.25) is 0 Å². The zero-order valence-corrected chi connectivity index (χ0v) is 13.4. The number of anilines is 1. The summed E-state index contributed by atoms with van der Waals surface area (Å²) in [6.07, 6.45) is 1.64. The first-order valence-electron chi connectivity index (χ1n) is 7.70. The Balaban J connectivity index is 1.82. The molecule has 0 saturated heterocycles. The SMILES string of the molecule is CCN(c1ccccc1)C1CC(NC(=O)OC(C)(C)C)C1. The zero-order valence-electron chi connectivity index (χ0n) is 13.4. The number of alkyl carbamates (subject to hydrolysis) is 1. The molecule has 0 atom stereocenters. The maximum absolute atomic E-state index is 11.7. The highest BCUT2D eigenvalue weighted by molar-refractivity contribution is 5.68. The van der Waals surface area contributed by atoms with E-state index in [1.165, 1.54) is 5.69 Å². The van der Waals surface area contributed by atoms with E-state index in [-0.39, 0.29) is 12.1 Å². The van der Waals surface area contributed by atoms with Crippen molar-refractivity contribution in [2.24, 2.45) is 0 Å². The van der Waals surface area contributed by atoms with Crippen LogP contribution in [0.25, 0.3) is 0 Å². The molecule has 4 heteroatoms. The number of hydrogen-bond acceptors (Lipinski definition) is 3. The summed E-state index contributed by atoms with van der Waals surface area (Å²) in [6.45, 7) is 8.79. The Hall–Kier alpha value is -1.71. The van der Waals surface area contributed by atoms with Gasteiger partial charge in [0.1, 0.15) is 5.60 Å². The number of carbonyl (C=O) groups is 1. The number of nitrogens with one attached hydrogen (secondary N) is 1. The number of rotatable bonds is 4. The largest absolute Gasteiger partial charge is 0.444 e. The average molecular weight is 290 g/mol. The molecular weight excluding hydrogens is 264 g/mol. The third-order valence-corrected chi connectivity index (χ3v) is 3.70. The minimum atomic E-state index is -0.438. The van der Waals surface area contributed by atoms with Gasteiger partial charge in [-0.2, -0.15) is 0 Å². The molecule has 116 valence electrons. The van der Waals surface area contributed by atoms with E-state index < -0.39 is 5.60 Å². The van der Waals surface area contributed by atoms with Crippen LogP contribution < -0.4 is 10.2 Å². The predicted molar refractivity (Wildman–Crippen MR) is 85.6 cm³/mol. The monoisotopic (exact) mass is 290 g/mol. The first-order chi connectivity index (χ1) is 9.89. The molecule has 0 heterocycles. The number of amides is 1. The van der Waals surface area contributed by atoms with Crippen LogP contribution in [0.15, 0.2) is 30.3 Å². The maximum Gasteiger partial charge on any atom is 0.407 e. The first kappa shape index (κ1) is 15.7. The number of para-hydroxylation sites is 1. The molecule has 0 aliphatic heterocycles. The lowest BCUT2D eigenvalue weighted by Gasteiger charge is -2.44. The summed E-state index contributed by atoms with van der Waals surface area (Å²) in [5.74, 6) is 0. The van der Waals surface area contributed by atoms with E-state index in [0.29, 0.717) is 6.04 Å². The van der Waals surface area contributed by atoms with Crippen LogP contribution in [0, 0.1) is 0 Å². The minimum absolute atomic E-state index is 0.225. The standard InChI is InChI=1S/C17H26N2O2/c1-5-19(14-9-7-6-8-10-14)15-11-13(12-15)18-16(20)21-17(2,3)4/h6-10,13,15H,5,11-12H2,1-4H3,(H,18,20). The summed E-state index contributed by atoms with van der Waals surface area (Å²) in [5, 5.41) is 2.95. The fraction of sp³-hybridized carbons (Fsp3) is 0.588. The summed E-state index contributed by atoms with van der Waals surface area (Å²) < 4.78 is 5.29. The van der Waals surface area contributed by atoms with Gasteiger partial charge in [-0.3, -0.25) is 0 Å². The van der Waals surface area contributed by atoms with Crippen molar-refractivity contribution < 1.29 is 9.53 Å². The lowest BCUT2D eigenvalue weighted by molar-refractivity contribution is 0.0471. The molecule has 0 radical (unpaired) electrons. The predicted octanol–water partition coefficient (Wildman–Crippen LogP) is 3.57. The Labute approximate surface area is 127 Å². The van der Waals surface area contributed by atoms with Gasteiger partial charge in [-0.1, -0.05) is 18.2 Å². The topological polar surface area (TPSA) is 41.6 Å². The van der Waals surface area contributed by atoms with Crippen molar-refractivity contribution in [3.05, 3.63) is 30.3 Å². The Morgan fingerprint density at radius 2 is 1.90 bits per heavy atom. The number of benzene rings is 1. The van der Waals surface area contributed by atoms with Crippen LogP contribution in [0.2, 0.25) is 0 Å². The second-order valence-corrected chi connectivity index (χ2v) is 6.59. The van der Waals surface area contributed by atoms with Gasteiger partial charge >= 0.3 is 6.09 Å². The molecule has 1 amide bonds. The van der Waals surface area contributed by atoms with Gasteiger partial charge in [-0.05, 0) is 52.7 Å². The van der Waals surface area contributed by atoms with E-state index in [1.807, 2.05) is 26.8 Å². The third-order valence-electron chi connectivity index (χ3n) is 3.70. The van der Waals surface area contributed by atoms with Crippen molar-refractivity contribution in [1.82, 2.24) is 5.32 Å². The molecule has 1 N–H and O–H groups in total. The van der Waals surface area contributed by atoms with Gasteiger partial charge in [0.15, 0.2) is 0 Å². The van der Waals surface area contributed by atoms with Gasteiger partial charge in [0.05, 0.1) is 0 Å². The Morgan fingerprint density at radius 3 is 2.43 bits per heavy atom. The summed E-state index contributed by atoms with van der Waals surface area (Å²) in [5.41, 5.74) is 0.813. The second-order valence-electron chi connectivity index (χ2n) is 6.59. The van der Waals surface area contributed by atoms with Crippen LogP contribution in [-0.4, -0.2) is 30.3 Å². The number of nitrogens with zero attached hydrogens (tertiary/aromatic N) is 1. The van der Waals surface area contributed by atoms with Crippen LogP contribution in [-0.2, 0) is 4.74 Å². The van der Waals surface area contributed by atoms with Gasteiger partial charge in [-0.25, -0.2) is 4.79 Å². The van der Waals surface area contributed by atoms with E-state index in [9.17, 15) is 4.79 Å². The van der Waals surface area contributed by atoms with Crippen molar-refractivity contribution in [3.63, 3.8) is 0 Å². The molecule has 1 aliphatic rings. The zero-order chi connectivity index (χ0) is 15.5. The summed E-state index contributed by atoms with van der Waals surface area (Å²) in [6, 6.07) is 11.2. The molecule has 1 fully saturated rings. The molecule has 0 unspecified atom stereocenters. The summed E-state index contributed by atoms with van der Waals surface area (Å²) in [4.78, 5) is 14.1. The van der Waals surface area contributed by atoms with E-state index in [2.05, 4.69) is 41.4 Å². The molecule has 1 aromatic rings. The highest BCUT2D eigenvalue weighted by atomic mass is 16.6. The van der Waals surface area contributed by atoms with Crippen molar-refractivity contribution in [3.8, 4) is 0 Å². The quantitative estimate of drug-likeness (QED) is 0.921. The Morgan fingerprint density at radius 1 is 1.29 bits per heavy atom. The van der Waals surface area contributed by atoms with Crippen LogP contribution in [0.3, 0.4) is 0 Å². The van der Waals surface area contributed by atoms with E-state index >= 15 is 0 Å². The summed E-state index contributed by atoms with van der Waals surface area (Å²) in [7, 11) is 0. The molecule has 1 aromatic carbocycles. The lowest BCUT2D eigenvalue weighted by Crippen LogP contribution is -2.54.